The molecule has 0 bridgehead atoms. The van der Waals surface area contributed by atoms with Crippen molar-refractivity contribution < 1.29 is 9.53 Å². The number of benzene rings is 2. The van der Waals surface area contributed by atoms with Crippen molar-refractivity contribution in [2.24, 2.45) is 5.10 Å². The number of carbonyl (C=O) groups excluding carboxylic acids is 1. The molecule has 1 amide bonds. The van der Waals surface area contributed by atoms with E-state index in [1.54, 1.807) is 25.5 Å². The van der Waals surface area contributed by atoms with Gasteiger partial charge >= 0.3 is 0 Å². The first-order valence-corrected chi connectivity index (χ1v) is 7.90. The monoisotopic (exact) mass is 458 g/mol. The topological polar surface area (TPSA) is 50.7 Å². The van der Waals surface area contributed by atoms with Gasteiger partial charge in [0.2, 0.25) is 0 Å². The molecule has 0 heterocycles. The van der Waals surface area contributed by atoms with Crippen molar-refractivity contribution in [1.29, 1.82) is 0 Å². The highest BCUT2D eigenvalue weighted by atomic mass is 127. The number of ether oxygens (including phenoxy) is 1. The third-order valence-electron chi connectivity index (χ3n) is 2.66. The van der Waals surface area contributed by atoms with Gasteiger partial charge in [-0.15, -0.1) is 0 Å². The van der Waals surface area contributed by atoms with Crippen LogP contribution in [0.25, 0.3) is 0 Å². The number of carbonyl (C=O) groups is 1. The second-order valence-corrected chi connectivity index (χ2v) is 6.18. The summed E-state index contributed by atoms with van der Waals surface area (Å²) in [5, 5.41) is 3.96. The van der Waals surface area contributed by atoms with Crippen molar-refractivity contribution in [2.45, 2.75) is 0 Å². The Labute approximate surface area is 144 Å². The summed E-state index contributed by atoms with van der Waals surface area (Å²) >= 11 is 5.51. The minimum Gasteiger partial charge on any atom is -0.496 e. The lowest BCUT2D eigenvalue weighted by Gasteiger charge is -2.03. The summed E-state index contributed by atoms with van der Waals surface area (Å²) in [6.45, 7) is 0. The lowest BCUT2D eigenvalue weighted by Crippen LogP contribution is -2.17. The molecule has 6 heteroatoms. The molecule has 0 fully saturated rings. The molecular formula is C15H12BrIN2O2. The third-order valence-corrected chi connectivity index (χ3v) is 4.03. The zero-order valence-electron chi connectivity index (χ0n) is 11.1. The Kier molecular flexibility index (Phi) is 5.75. The van der Waals surface area contributed by atoms with Crippen LogP contribution in [0.2, 0.25) is 0 Å². The summed E-state index contributed by atoms with van der Waals surface area (Å²) in [6, 6.07) is 12.7. The van der Waals surface area contributed by atoms with Crippen molar-refractivity contribution >= 4 is 50.6 Å². The van der Waals surface area contributed by atoms with Crippen molar-refractivity contribution in [3.05, 3.63) is 61.6 Å². The summed E-state index contributed by atoms with van der Waals surface area (Å²) in [5.74, 6) is 0.564. The Morgan fingerprint density at radius 3 is 2.62 bits per heavy atom. The van der Waals surface area contributed by atoms with Gasteiger partial charge in [-0.05, 0) is 70.6 Å². The quantitative estimate of drug-likeness (QED) is 0.430. The fourth-order valence-electron chi connectivity index (χ4n) is 1.59. The first-order valence-electron chi connectivity index (χ1n) is 6.02. The molecule has 0 unspecified atom stereocenters. The van der Waals surface area contributed by atoms with Crippen LogP contribution >= 0.6 is 38.5 Å². The molecule has 2 aromatic rings. The van der Waals surface area contributed by atoms with Crippen LogP contribution in [0.5, 0.6) is 5.75 Å². The van der Waals surface area contributed by atoms with E-state index >= 15 is 0 Å². The molecule has 21 heavy (non-hydrogen) atoms. The zero-order chi connectivity index (χ0) is 15.2. The van der Waals surface area contributed by atoms with E-state index in [1.165, 1.54) is 0 Å². The van der Waals surface area contributed by atoms with Crippen LogP contribution in [-0.4, -0.2) is 19.2 Å². The lowest BCUT2D eigenvalue weighted by atomic mass is 10.2. The zero-order valence-corrected chi connectivity index (χ0v) is 14.9. The van der Waals surface area contributed by atoms with Crippen molar-refractivity contribution in [3.8, 4) is 5.75 Å². The van der Waals surface area contributed by atoms with Gasteiger partial charge in [0, 0.05) is 10.0 Å². The van der Waals surface area contributed by atoms with E-state index in [2.05, 4.69) is 49.0 Å². The molecule has 0 saturated heterocycles. The average Bonchev–Trinajstić information content (AvgIpc) is 2.48. The first kappa shape index (κ1) is 16.0. The smallest absolute Gasteiger partial charge is 0.271 e. The predicted octanol–water partition coefficient (Wildman–Crippen LogP) is 3.83. The number of halogens is 2. The molecule has 0 aliphatic carbocycles. The van der Waals surface area contributed by atoms with Crippen LogP contribution in [0.3, 0.4) is 0 Å². The van der Waals surface area contributed by atoms with Gasteiger partial charge in [-0.1, -0.05) is 15.9 Å². The molecule has 0 atom stereocenters. The van der Waals surface area contributed by atoms with E-state index in [0.29, 0.717) is 5.56 Å². The minimum atomic E-state index is -0.248. The minimum absolute atomic E-state index is 0.248. The highest BCUT2D eigenvalue weighted by molar-refractivity contribution is 14.1. The van der Waals surface area contributed by atoms with E-state index in [9.17, 15) is 4.79 Å². The SMILES string of the molecule is COc1ccc(/C=N/NC(=O)c2ccc(Br)cc2)cc1I. The largest absolute Gasteiger partial charge is 0.496 e. The van der Waals surface area contributed by atoms with Crippen molar-refractivity contribution in [3.63, 3.8) is 0 Å². The number of hydrogen-bond donors (Lipinski definition) is 1. The number of hydrazone groups is 1. The van der Waals surface area contributed by atoms with Gasteiger partial charge in [0.15, 0.2) is 0 Å². The number of nitrogens with zero attached hydrogens (tertiary/aromatic N) is 1. The van der Waals surface area contributed by atoms with Gasteiger partial charge < -0.3 is 4.74 Å². The molecule has 0 spiro atoms. The van der Waals surface area contributed by atoms with E-state index in [0.717, 1.165) is 19.4 Å². The molecule has 4 nitrogen and oxygen atoms in total. The van der Waals surface area contributed by atoms with Gasteiger partial charge in [-0.2, -0.15) is 5.10 Å². The van der Waals surface area contributed by atoms with E-state index < -0.39 is 0 Å². The number of methoxy groups -OCH3 is 1. The maximum absolute atomic E-state index is 11.9. The average molecular weight is 459 g/mol. The summed E-state index contributed by atoms with van der Waals surface area (Å²) in [4.78, 5) is 11.9. The maximum atomic E-state index is 11.9. The summed E-state index contributed by atoms with van der Waals surface area (Å²) in [5.41, 5.74) is 3.94. The van der Waals surface area contributed by atoms with Crippen LogP contribution in [0.4, 0.5) is 0 Å². The Morgan fingerprint density at radius 1 is 1.29 bits per heavy atom. The second kappa shape index (κ2) is 7.56. The van der Waals surface area contributed by atoms with Crippen LogP contribution in [0.1, 0.15) is 15.9 Å². The lowest BCUT2D eigenvalue weighted by molar-refractivity contribution is 0.0955. The van der Waals surface area contributed by atoms with Gasteiger partial charge in [0.25, 0.3) is 5.91 Å². The van der Waals surface area contributed by atoms with Crippen LogP contribution < -0.4 is 10.2 Å². The Bertz CT molecular complexity index is 672. The van der Waals surface area contributed by atoms with E-state index in [4.69, 9.17) is 4.74 Å². The molecule has 0 aromatic heterocycles. The number of nitrogens with one attached hydrogen (secondary N) is 1. The summed E-state index contributed by atoms with van der Waals surface area (Å²) in [7, 11) is 1.63. The third kappa shape index (κ3) is 4.53. The Hall–Kier alpha value is -1.41. The molecule has 0 radical (unpaired) electrons. The summed E-state index contributed by atoms with van der Waals surface area (Å²) in [6.07, 6.45) is 1.60. The molecular weight excluding hydrogens is 447 g/mol. The standard InChI is InChI=1S/C15H12BrIN2O2/c1-21-14-7-2-10(8-13(14)17)9-18-19-15(20)11-3-5-12(16)6-4-11/h2-9H,1H3,(H,19,20)/b18-9+. The molecule has 2 aromatic carbocycles. The molecule has 2 rings (SSSR count). The fraction of sp³-hybridized carbons (Fsp3) is 0.0667. The Morgan fingerprint density at radius 2 is 2.00 bits per heavy atom. The van der Waals surface area contributed by atoms with E-state index in [1.807, 2.05) is 30.3 Å². The molecule has 1 N–H and O–H groups in total. The number of rotatable bonds is 4. The van der Waals surface area contributed by atoms with Gasteiger partial charge in [0.1, 0.15) is 5.75 Å². The van der Waals surface area contributed by atoms with Crippen LogP contribution in [-0.2, 0) is 0 Å². The van der Waals surface area contributed by atoms with E-state index in [-0.39, 0.29) is 5.91 Å². The van der Waals surface area contributed by atoms with Gasteiger partial charge in [-0.3, -0.25) is 4.79 Å². The van der Waals surface area contributed by atoms with Crippen molar-refractivity contribution in [2.75, 3.05) is 7.11 Å². The molecule has 0 saturated carbocycles. The molecule has 0 aliphatic heterocycles. The number of amides is 1. The first-order chi connectivity index (χ1) is 10.1. The van der Waals surface area contributed by atoms with Crippen LogP contribution in [0, 0.1) is 3.57 Å². The fourth-order valence-corrected chi connectivity index (χ4v) is 2.62. The number of hydrogen-bond acceptors (Lipinski definition) is 3. The predicted molar refractivity (Wildman–Crippen MR) is 94.9 cm³/mol. The normalized spacial score (nSPS) is 10.6. The molecule has 108 valence electrons. The highest BCUT2D eigenvalue weighted by Crippen LogP contribution is 2.20. The maximum Gasteiger partial charge on any atom is 0.271 e. The molecule has 0 aliphatic rings. The van der Waals surface area contributed by atoms with Gasteiger partial charge in [-0.25, -0.2) is 5.43 Å². The van der Waals surface area contributed by atoms with Crippen molar-refractivity contribution in [1.82, 2.24) is 5.43 Å². The van der Waals surface area contributed by atoms with Crippen LogP contribution in [0.15, 0.2) is 52.0 Å². The summed E-state index contributed by atoms with van der Waals surface area (Å²) < 4.78 is 7.10. The highest BCUT2D eigenvalue weighted by Gasteiger charge is 2.03. The Balaban J connectivity index is 2.00. The van der Waals surface area contributed by atoms with Gasteiger partial charge in [0.05, 0.1) is 16.9 Å². The second-order valence-electron chi connectivity index (χ2n) is 4.10.